The van der Waals surface area contributed by atoms with E-state index in [1.165, 1.54) is 12.1 Å². The average Bonchev–Trinajstić information content (AvgIpc) is 2.46. The first kappa shape index (κ1) is 13.6. The van der Waals surface area contributed by atoms with Gasteiger partial charge in [-0.05, 0) is 29.8 Å². The lowest BCUT2D eigenvalue weighted by Crippen LogP contribution is -2.23. The van der Waals surface area contributed by atoms with E-state index in [4.69, 9.17) is 4.74 Å². The topological polar surface area (TPSA) is 30.5 Å². The minimum absolute atomic E-state index is 0.240. The lowest BCUT2D eigenvalue weighted by Gasteiger charge is -2.27. The molecule has 1 unspecified atom stereocenters. The van der Waals surface area contributed by atoms with Gasteiger partial charge in [-0.1, -0.05) is 24.3 Å². The van der Waals surface area contributed by atoms with Crippen molar-refractivity contribution in [3.05, 3.63) is 54.1 Å². The molecule has 0 saturated carbocycles. The van der Waals surface area contributed by atoms with E-state index in [-0.39, 0.29) is 11.9 Å². The Morgan fingerprint density at radius 2 is 1.76 bits per heavy atom. The Morgan fingerprint density at radius 1 is 1.05 bits per heavy atom. The van der Waals surface area contributed by atoms with E-state index >= 15 is 0 Å². The third kappa shape index (κ3) is 3.21. The molecule has 1 atom stereocenters. The van der Waals surface area contributed by atoms with Gasteiger partial charge in [0, 0.05) is 0 Å². The second kappa shape index (κ2) is 5.20. The summed E-state index contributed by atoms with van der Waals surface area (Å²) in [5, 5.41) is 3.23. The van der Waals surface area contributed by atoms with Crippen LogP contribution in [0.15, 0.2) is 48.5 Å². The molecule has 0 spiro atoms. The van der Waals surface area contributed by atoms with Gasteiger partial charge in [0.2, 0.25) is 0 Å². The number of alkyl halides is 3. The summed E-state index contributed by atoms with van der Waals surface area (Å²) >= 11 is 0. The van der Waals surface area contributed by atoms with Crippen LogP contribution in [0.5, 0.6) is 11.5 Å². The smallest absolute Gasteiger partial charge is 0.482 e. The zero-order chi connectivity index (χ0) is 14.9. The van der Waals surface area contributed by atoms with Gasteiger partial charge in [0.05, 0.1) is 12.2 Å². The summed E-state index contributed by atoms with van der Waals surface area (Å²) in [5.74, 6) is 0.486. The summed E-state index contributed by atoms with van der Waals surface area (Å²) in [6, 6.07) is 13.2. The van der Waals surface area contributed by atoms with Crippen LogP contribution in [0.2, 0.25) is 0 Å². The number of nitrogens with one attached hydrogen (secondary N) is 1. The SMILES string of the molecule is FC(F)(F)Oc1ccc(C2CNc3ccccc3O2)cc1. The average molecular weight is 295 g/mol. The minimum atomic E-state index is -4.68. The van der Waals surface area contributed by atoms with Crippen molar-refractivity contribution in [1.29, 1.82) is 0 Å². The first-order chi connectivity index (χ1) is 10.0. The van der Waals surface area contributed by atoms with Crippen LogP contribution in [0, 0.1) is 0 Å². The van der Waals surface area contributed by atoms with Gasteiger partial charge in [0.15, 0.2) is 0 Å². The zero-order valence-electron chi connectivity index (χ0n) is 10.9. The summed E-state index contributed by atoms with van der Waals surface area (Å²) in [5.41, 5.74) is 1.69. The lowest BCUT2D eigenvalue weighted by molar-refractivity contribution is -0.274. The van der Waals surface area contributed by atoms with Gasteiger partial charge in [0.25, 0.3) is 0 Å². The van der Waals surface area contributed by atoms with Gasteiger partial charge in [-0.15, -0.1) is 13.2 Å². The third-order valence-electron chi connectivity index (χ3n) is 3.12. The van der Waals surface area contributed by atoms with E-state index in [1.807, 2.05) is 24.3 Å². The summed E-state index contributed by atoms with van der Waals surface area (Å²) in [6.07, 6.45) is -4.93. The molecule has 1 N–H and O–H groups in total. The van der Waals surface area contributed by atoms with Crippen LogP contribution in [0.4, 0.5) is 18.9 Å². The minimum Gasteiger partial charge on any atom is -0.482 e. The normalized spacial score (nSPS) is 17.4. The Bertz CT molecular complexity index is 626. The molecule has 2 aromatic rings. The summed E-state index contributed by atoms with van der Waals surface area (Å²) in [6.45, 7) is 0.552. The molecular weight excluding hydrogens is 283 g/mol. The van der Waals surface area contributed by atoms with Gasteiger partial charge < -0.3 is 14.8 Å². The molecule has 0 saturated heterocycles. The van der Waals surface area contributed by atoms with Crippen molar-refractivity contribution in [2.75, 3.05) is 11.9 Å². The van der Waals surface area contributed by atoms with Crippen LogP contribution in [-0.2, 0) is 0 Å². The molecule has 0 fully saturated rings. The molecule has 3 rings (SSSR count). The van der Waals surface area contributed by atoms with Crippen molar-refractivity contribution >= 4 is 5.69 Å². The molecule has 0 amide bonds. The first-order valence-electron chi connectivity index (χ1n) is 6.36. The molecule has 0 bridgehead atoms. The summed E-state index contributed by atoms with van der Waals surface area (Å²) in [7, 11) is 0. The van der Waals surface area contributed by atoms with Crippen molar-refractivity contribution in [1.82, 2.24) is 0 Å². The first-order valence-corrected chi connectivity index (χ1v) is 6.36. The Balaban J connectivity index is 1.74. The van der Waals surface area contributed by atoms with Crippen molar-refractivity contribution in [2.24, 2.45) is 0 Å². The maximum Gasteiger partial charge on any atom is 0.573 e. The predicted octanol–water partition coefficient (Wildman–Crippen LogP) is 4.13. The molecular formula is C15H12F3NO2. The highest BCUT2D eigenvalue weighted by Crippen LogP contribution is 2.34. The van der Waals surface area contributed by atoms with Crippen LogP contribution >= 0.6 is 0 Å². The molecule has 21 heavy (non-hydrogen) atoms. The van der Waals surface area contributed by atoms with E-state index in [0.717, 1.165) is 17.0 Å². The quantitative estimate of drug-likeness (QED) is 0.903. The van der Waals surface area contributed by atoms with Gasteiger partial charge in [-0.3, -0.25) is 0 Å². The fourth-order valence-electron chi connectivity index (χ4n) is 2.18. The number of hydrogen-bond acceptors (Lipinski definition) is 3. The predicted molar refractivity (Wildman–Crippen MR) is 71.4 cm³/mol. The Labute approximate surface area is 119 Å². The van der Waals surface area contributed by atoms with Crippen LogP contribution < -0.4 is 14.8 Å². The fourth-order valence-corrected chi connectivity index (χ4v) is 2.18. The third-order valence-corrected chi connectivity index (χ3v) is 3.12. The standard InChI is InChI=1S/C15H12F3NO2/c16-15(17,18)21-11-7-5-10(6-8-11)14-9-19-12-3-1-2-4-13(12)20-14/h1-8,14,19H,9H2. The van der Waals surface area contributed by atoms with E-state index in [0.29, 0.717) is 6.54 Å². The number of para-hydroxylation sites is 2. The number of hydrogen-bond donors (Lipinski definition) is 1. The molecule has 3 nitrogen and oxygen atoms in total. The number of rotatable bonds is 2. The van der Waals surface area contributed by atoms with Gasteiger partial charge in [-0.25, -0.2) is 0 Å². The Morgan fingerprint density at radius 3 is 2.48 bits per heavy atom. The zero-order valence-corrected chi connectivity index (χ0v) is 10.9. The van der Waals surface area contributed by atoms with Gasteiger partial charge >= 0.3 is 6.36 Å². The molecule has 0 aliphatic carbocycles. The van der Waals surface area contributed by atoms with E-state index in [2.05, 4.69) is 10.1 Å². The Hall–Kier alpha value is -2.37. The number of halogens is 3. The van der Waals surface area contributed by atoms with Crippen LogP contribution in [0.25, 0.3) is 0 Å². The lowest BCUT2D eigenvalue weighted by atomic mass is 10.1. The molecule has 1 heterocycles. The Kier molecular flexibility index (Phi) is 3.37. The van der Waals surface area contributed by atoms with E-state index < -0.39 is 6.36 Å². The highest BCUT2D eigenvalue weighted by molar-refractivity contribution is 5.58. The van der Waals surface area contributed by atoms with Crippen LogP contribution in [0.1, 0.15) is 11.7 Å². The van der Waals surface area contributed by atoms with Crippen molar-refractivity contribution in [3.63, 3.8) is 0 Å². The number of anilines is 1. The number of benzene rings is 2. The number of ether oxygens (including phenoxy) is 2. The molecule has 0 radical (unpaired) electrons. The molecule has 1 aliphatic rings. The monoisotopic (exact) mass is 295 g/mol. The largest absolute Gasteiger partial charge is 0.573 e. The summed E-state index contributed by atoms with van der Waals surface area (Å²) < 4.78 is 46.0. The maximum absolute atomic E-state index is 12.1. The fraction of sp³-hybridized carbons (Fsp3) is 0.200. The van der Waals surface area contributed by atoms with Gasteiger partial charge in [0.1, 0.15) is 17.6 Å². The summed E-state index contributed by atoms with van der Waals surface area (Å²) in [4.78, 5) is 0. The maximum atomic E-state index is 12.1. The second-order valence-corrected chi connectivity index (χ2v) is 4.60. The van der Waals surface area contributed by atoms with Crippen LogP contribution in [-0.4, -0.2) is 12.9 Å². The van der Waals surface area contributed by atoms with Gasteiger partial charge in [-0.2, -0.15) is 0 Å². The molecule has 1 aliphatic heterocycles. The molecule has 0 aromatic heterocycles. The highest BCUT2D eigenvalue weighted by atomic mass is 19.4. The molecule has 2 aromatic carbocycles. The highest BCUT2D eigenvalue weighted by Gasteiger charge is 2.31. The van der Waals surface area contributed by atoms with Crippen molar-refractivity contribution in [3.8, 4) is 11.5 Å². The second-order valence-electron chi connectivity index (χ2n) is 4.60. The molecule has 110 valence electrons. The number of fused-ring (bicyclic) bond motifs is 1. The van der Waals surface area contributed by atoms with E-state index in [9.17, 15) is 13.2 Å². The van der Waals surface area contributed by atoms with E-state index in [1.54, 1.807) is 12.1 Å². The van der Waals surface area contributed by atoms with Crippen molar-refractivity contribution in [2.45, 2.75) is 12.5 Å². The van der Waals surface area contributed by atoms with Crippen molar-refractivity contribution < 1.29 is 22.6 Å². The molecule has 6 heteroatoms. The van der Waals surface area contributed by atoms with Crippen LogP contribution in [0.3, 0.4) is 0 Å².